The van der Waals surface area contributed by atoms with Crippen LogP contribution in [0.2, 0.25) is 0 Å². The van der Waals surface area contributed by atoms with Crippen LogP contribution in [-0.4, -0.2) is 55.6 Å². The van der Waals surface area contributed by atoms with Crippen molar-refractivity contribution >= 4 is 5.96 Å². The summed E-state index contributed by atoms with van der Waals surface area (Å²) in [6.45, 7) is 5.38. The number of guanidine groups is 1. The molecule has 5 heteroatoms. The van der Waals surface area contributed by atoms with E-state index in [4.69, 9.17) is 0 Å². The van der Waals surface area contributed by atoms with Gasteiger partial charge in [-0.05, 0) is 38.1 Å². The first-order valence-electron chi connectivity index (χ1n) is 8.45. The molecule has 2 heterocycles. The second-order valence-electron chi connectivity index (χ2n) is 5.75. The molecule has 1 aliphatic heterocycles. The number of nitrogens with zero attached hydrogens (tertiary/aromatic N) is 3. The molecule has 2 N–H and O–H groups in total. The Morgan fingerprint density at radius 2 is 1.91 bits per heavy atom. The highest BCUT2D eigenvalue weighted by Gasteiger charge is 2.08. The molecule has 0 aromatic carbocycles. The van der Waals surface area contributed by atoms with Gasteiger partial charge < -0.3 is 15.5 Å². The van der Waals surface area contributed by atoms with Gasteiger partial charge >= 0.3 is 0 Å². The lowest BCUT2D eigenvalue weighted by Gasteiger charge is -2.20. The van der Waals surface area contributed by atoms with Gasteiger partial charge in [0, 0.05) is 45.0 Å². The molecule has 122 valence electrons. The Hall–Kier alpha value is -1.62. The first-order valence-corrected chi connectivity index (χ1v) is 8.45. The number of likely N-dealkylation sites (tertiary alicyclic amines) is 1. The molecule has 0 amide bonds. The predicted octanol–water partition coefficient (Wildman–Crippen LogP) is 1.67. The molecule has 2 rings (SSSR count). The Balaban J connectivity index is 1.60. The number of hydrogen-bond donors (Lipinski definition) is 2. The maximum absolute atomic E-state index is 4.33. The Morgan fingerprint density at radius 1 is 1.14 bits per heavy atom. The molecule has 0 atom stereocenters. The molecular weight excluding hydrogens is 274 g/mol. The Bertz CT molecular complexity index is 424. The van der Waals surface area contributed by atoms with Crippen molar-refractivity contribution in [3.63, 3.8) is 0 Å². The van der Waals surface area contributed by atoms with Crippen LogP contribution in [0.25, 0.3) is 0 Å². The van der Waals surface area contributed by atoms with E-state index in [1.165, 1.54) is 38.8 Å². The molecule has 1 saturated heterocycles. The van der Waals surface area contributed by atoms with Gasteiger partial charge in [-0.3, -0.25) is 9.98 Å². The van der Waals surface area contributed by atoms with Crippen molar-refractivity contribution in [1.29, 1.82) is 0 Å². The molecule has 0 unspecified atom stereocenters. The van der Waals surface area contributed by atoms with E-state index in [0.717, 1.165) is 37.7 Å². The monoisotopic (exact) mass is 303 g/mol. The van der Waals surface area contributed by atoms with Gasteiger partial charge in [0.25, 0.3) is 0 Å². The zero-order valence-electron chi connectivity index (χ0n) is 13.7. The predicted molar refractivity (Wildman–Crippen MR) is 92.2 cm³/mol. The lowest BCUT2D eigenvalue weighted by atomic mass is 10.2. The third kappa shape index (κ3) is 6.43. The van der Waals surface area contributed by atoms with Gasteiger partial charge in [0.1, 0.15) is 0 Å². The normalized spacial score (nSPS) is 17.0. The van der Waals surface area contributed by atoms with Gasteiger partial charge in [0.2, 0.25) is 0 Å². The molecule has 0 radical (unpaired) electrons. The summed E-state index contributed by atoms with van der Waals surface area (Å²) in [6, 6.07) is 6.02. The summed E-state index contributed by atoms with van der Waals surface area (Å²) in [7, 11) is 1.82. The summed E-state index contributed by atoms with van der Waals surface area (Å²) in [6.07, 6.45) is 8.21. The maximum Gasteiger partial charge on any atom is 0.191 e. The van der Waals surface area contributed by atoms with E-state index in [2.05, 4.69) is 31.6 Å². The fourth-order valence-corrected chi connectivity index (χ4v) is 2.77. The van der Waals surface area contributed by atoms with Gasteiger partial charge in [-0.1, -0.05) is 18.9 Å². The first kappa shape index (κ1) is 16.7. The van der Waals surface area contributed by atoms with Gasteiger partial charge in [-0.15, -0.1) is 0 Å². The lowest BCUT2D eigenvalue weighted by molar-refractivity contribution is 0.289. The standard InChI is InChI=1S/C17H29N5/c1-18-17(20-11-9-16-8-4-5-10-19-16)21-12-15-22-13-6-2-3-7-14-22/h4-5,8,10H,2-3,6-7,9,11-15H2,1H3,(H2,18,20,21). The molecule has 0 spiro atoms. The fourth-order valence-electron chi connectivity index (χ4n) is 2.77. The summed E-state index contributed by atoms with van der Waals surface area (Å²) in [5, 5.41) is 6.75. The van der Waals surface area contributed by atoms with Crippen molar-refractivity contribution in [2.24, 2.45) is 4.99 Å². The number of hydrogen-bond acceptors (Lipinski definition) is 3. The minimum absolute atomic E-state index is 0.848. The van der Waals surface area contributed by atoms with Gasteiger partial charge in [-0.2, -0.15) is 0 Å². The largest absolute Gasteiger partial charge is 0.356 e. The van der Waals surface area contributed by atoms with Crippen LogP contribution in [0.15, 0.2) is 29.4 Å². The van der Waals surface area contributed by atoms with Crippen LogP contribution in [0.5, 0.6) is 0 Å². The van der Waals surface area contributed by atoms with Crippen molar-refractivity contribution < 1.29 is 0 Å². The third-order valence-electron chi connectivity index (χ3n) is 4.04. The number of aliphatic imine (C=N–C) groups is 1. The molecule has 0 aliphatic carbocycles. The van der Waals surface area contributed by atoms with E-state index < -0.39 is 0 Å². The van der Waals surface area contributed by atoms with Gasteiger partial charge in [-0.25, -0.2) is 0 Å². The zero-order chi connectivity index (χ0) is 15.5. The van der Waals surface area contributed by atoms with Crippen LogP contribution in [0.3, 0.4) is 0 Å². The Kier molecular flexibility index (Phi) is 7.74. The van der Waals surface area contributed by atoms with Crippen LogP contribution in [0, 0.1) is 0 Å². The topological polar surface area (TPSA) is 52.6 Å². The minimum Gasteiger partial charge on any atom is -0.356 e. The van der Waals surface area contributed by atoms with E-state index in [1.807, 2.05) is 25.4 Å². The highest BCUT2D eigenvalue weighted by atomic mass is 15.2. The molecule has 22 heavy (non-hydrogen) atoms. The van der Waals surface area contributed by atoms with Crippen LogP contribution in [0.1, 0.15) is 31.4 Å². The van der Waals surface area contributed by atoms with Crippen LogP contribution in [0.4, 0.5) is 0 Å². The van der Waals surface area contributed by atoms with Crippen molar-refractivity contribution in [3.05, 3.63) is 30.1 Å². The number of pyridine rings is 1. The molecule has 0 bridgehead atoms. The first-order chi connectivity index (χ1) is 10.9. The zero-order valence-corrected chi connectivity index (χ0v) is 13.7. The molecular formula is C17H29N5. The van der Waals surface area contributed by atoms with Crippen molar-refractivity contribution in [2.45, 2.75) is 32.1 Å². The van der Waals surface area contributed by atoms with Gasteiger partial charge in [0.05, 0.1) is 0 Å². The number of nitrogens with one attached hydrogen (secondary N) is 2. The lowest BCUT2D eigenvalue weighted by Crippen LogP contribution is -2.42. The average molecular weight is 303 g/mol. The van der Waals surface area contributed by atoms with Crippen LogP contribution >= 0.6 is 0 Å². The number of rotatable bonds is 6. The minimum atomic E-state index is 0.848. The Labute approximate surface area is 134 Å². The molecule has 1 fully saturated rings. The summed E-state index contributed by atoms with van der Waals surface area (Å²) < 4.78 is 0. The third-order valence-corrected chi connectivity index (χ3v) is 4.04. The molecule has 5 nitrogen and oxygen atoms in total. The summed E-state index contributed by atoms with van der Waals surface area (Å²) in [4.78, 5) is 11.2. The second-order valence-corrected chi connectivity index (χ2v) is 5.75. The molecule has 1 aliphatic rings. The highest BCUT2D eigenvalue weighted by molar-refractivity contribution is 5.79. The van der Waals surface area contributed by atoms with Crippen molar-refractivity contribution in [3.8, 4) is 0 Å². The van der Waals surface area contributed by atoms with Crippen LogP contribution in [-0.2, 0) is 6.42 Å². The SMILES string of the molecule is CN=C(NCCc1ccccn1)NCCN1CCCCCC1. The quantitative estimate of drug-likeness (QED) is 0.620. The van der Waals surface area contributed by atoms with E-state index in [0.29, 0.717) is 0 Å². The molecule has 1 aromatic heterocycles. The fraction of sp³-hybridized carbons (Fsp3) is 0.647. The van der Waals surface area contributed by atoms with E-state index >= 15 is 0 Å². The van der Waals surface area contributed by atoms with E-state index in [9.17, 15) is 0 Å². The molecule has 1 aromatic rings. The smallest absolute Gasteiger partial charge is 0.191 e. The number of aromatic nitrogens is 1. The maximum atomic E-state index is 4.33. The summed E-state index contributed by atoms with van der Waals surface area (Å²) in [5.41, 5.74) is 1.11. The Morgan fingerprint density at radius 3 is 2.59 bits per heavy atom. The average Bonchev–Trinajstić information content (AvgIpc) is 2.83. The van der Waals surface area contributed by atoms with E-state index in [1.54, 1.807) is 0 Å². The highest BCUT2D eigenvalue weighted by Crippen LogP contribution is 2.08. The van der Waals surface area contributed by atoms with E-state index in [-0.39, 0.29) is 0 Å². The second kappa shape index (κ2) is 10.2. The summed E-state index contributed by atoms with van der Waals surface area (Å²) in [5.74, 6) is 0.880. The van der Waals surface area contributed by atoms with Gasteiger partial charge in [0.15, 0.2) is 5.96 Å². The molecule has 0 saturated carbocycles. The van der Waals surface area contributed by atoms with Crippen LogP contribution < -0.4 is 10.6 Å². The summed E-state index contributed by atoms with van der Waals surface area (Å²) >= 11 is 0. The van der Waals surface area contributed by atoms with Crippen molar-refractivity contribution in [2.75, 3.05) is 39.8 Å². The van der Waals surface area contributed by atoms with Crippen molar-refractivity contribution in [1.82, 2.24) is 20.5 Å².